The topological polar surface area (TPSA) is 84.9 Å². The van der Waals surface area contributed by atoms with Crippen molar-refractivity contribution in [3.8, 4) is 23.4 Å². The number of hydrogen-bond donors (Lipinski definition) is 1. The normalized spacial score (nSPS) is 9.15. The van der Waals surface area contributed by atoms with Crippen LogP contribution in [0.4, 0.5) is 5.69 Å². The molecule has 0 saturated carbocycles. The Bertz CT molecular complexity index is 701. The number of aromatic nitrogens is 1. The van der Waals surface area contributed by atoms with Gasteiger partial charge in [0.1, 0.15) is 12.1 Å². The van der Waals surface area contributed by atoms with Crippen LogP contribution in [0.3, 0.4) is 0 Å². The zero-order valence-corrected chi connectivity index (χ0v) is 10.8. The summed E-state index contributed by atoms with van der Waals surface area (Å²) >= 11 is 0. The van der Waals surface area contributed by atoms with Crippen molar-refractivity contribution in [2.24, 2.45) is 5.10 Å². The molecule has 1 aromatic carbocycles. The lowest BCUT2D eigenvalue weighted by Crippen LogP contribution is -1.96. The van der Waals surface area contributed by atoms with Crippen LogP contribution in [0.15, 0.2) is 47.6 Å². The van der Waals surface area contributed by atoms with E-state index in [0.717, 1.165) is 17.0 Å². The molecule has 0 atom stereocenters. The van der Waals surface area contributed by atoms with Crippen LogP contribution in [0.1, 0.15) is 5.69 Å². The second-order valence-corrected chi connectivity index (χ2v) is 4.04. The van der Waals surface area contributed by atoms with E-state index in [-0.39, 0.29) is 5.71 Å². The first-order valence-electron chi connectivity index (χ1n) is 5.91. The molecule has 2 rings (SSSR count). The molecule has 0 radical (unpaired) electrons. The van der Waals surface area contributed by atoms with Gasteiger partial charge in [0, 0.05) is 11.3 Å². The highest BCUT2D eigenvalue weighted by atomic mass is 15.3. The minimum atomic E-state index is -0.213. The van der Waals surface area contributed by atoms with Crippen LogP contribution >= 0.6 is 0 Å². The summed E-state index contributed by atoms with van der Waals surface area (Å²) in [7, 11) is 0. The molecule has 5 nitrogen and oxygen atoms in total. The van der Waals surface area contributed by atoms with Gasteiger partial charge >= 0.3 is 0 Å². The lowest BCUT2D eigenvalue weighted by molar-refractivity contribution is 1.20. The minimum Gasteiger partial charge on any atom is -0.277 e. The predicted octanol–water partition coefficient (Wildman–Crippen LogP) is 2.87. The maximum absolute atomic E-state index is 8.57. The van der Waals surface area contributed by atoms with Crippen LogP contribution in [0.25, 0.3) is 11.3 Å². The fraction of sp³-hybridized carbons (Fsp3) is 0.0667. The summed E-state index contributed by atoms with van der Waals surface area (Å²) in [6, 6.07) is 16.6. The van der Waals surface area contributed by atoms with E-state index >= 15 is 0 Å². The van der Waals surface area contributed by atoms with E-state index in [1.54, 1.807) is 12.1 Å². The van der Waals surface area contributed by atoms with E-state index in [4.69, 9.17) is 10.5 Å². The van der Waals surface area contributed by atoms with Gasteiger partial charge in [0.25, 0.3) is 0 Å². The molecule has 0 aliphatic heterocycles. The SMILES string of the molecule is Cc1cccc(-c2ccc(NN=C(C#N)C#N)cc2)n1. The number of hydrogen-bond acceptors (Lipinski definition) is 5. The summed E-state index contributed by atoms with van der Waals surface area (Å²) in [5.74, 6) is 0. The number of aryl methyl sites for hydroxylation is 1. The zero-order chi connectivity index (χ0) is 14.4. The fourth-order valence-corrected chi connectivity index (χ4v) is 1.61. The molecular formula is C15H11N5. The molecule has 20 heavy (non-hydrogen) atoms. The number of nitrogens with one attached hydrogen (secondary N) is 1. The Morgan fingerprint density at radius 2 is 1.80 bits per heavy atom. The van der Waals surface area contributed by atoms with Crippen molar-refractivity contribution in [3.05, 3.63) is 48.2 Å². The number of anilines is 1. The van der Waals surface area contributed by atoms with Crippen molar-refractivity contribution in [2.75, 3.05) is 5.43 Å². The van der Waals surface area contributed by atoms with Gasteiger partial charge in [0.2, 0.25) is 5.71 Å². The third-order valence-corrected chi connectivity index (χ3v) is 2.58. The number of rotatable bonds is 3. The Morgan fingerprint density at radius 1 is 1.10 bits per heavy atom. The van der Waals surface area contributed by atoms with E-state index in [0.29, 0.717) is 5.69 Å². The second kappa shape index (κ2) is 6.12. The summed E-state index contributed by atoms with van der Waals surface area (Å²) in [6.45, 7) is 1.94. The Kier molecular flexibility index (Phi) is 4.06. The van der Waals surface area contributed by atoms with Gasteiger partial charge in [-0.1, -0.05) is 18.2 Å². The van der Waals surface area contributed by atoms with Crippen LogP contribution in [0.5, 0.6) is 0 Å². The Hall–Kier alpha value is -3.18. The average molecular weight is 261 g/mol. The lowest BCUT2D eigenvalue weighted by Gasteiger charge is -2.04. The number of nitrogens with zero attached hydrogens (tertiary/aromatic N) is 4. The smallest absolute Gasteiger partial charge is 0.237 e. The first-order chi connectivity index (χ1) is 9.72. The van der Waals surface area contributed by atoms with Gasteiger partial charge in [-0.2, -0.15) is 15.6 Å². The van der Waals surface area contributed by atoms with E-state index in [9.17, 15) is 0 Å². The lowest BCUT2D eigenvalue weighted by atomic mass is 10.1. The Morgan fingerprint density at radius 3 is 2.40 bits per heavy atom. The third kappa shape index (κ3) is 3.18. The quantitative estimate of drug-likeness (QED) is 0.680. The summed E-state index contributed by atoms with van der Waals surface area (Å²) < 4.78 is 0. The van der Waals surface area contributed by atoms with Crippen molar-refractivity contribution in [1.29, 1.82) is 10.5 Å². The standard InChI is InChI=1S/C15H11N5/c1-11-3-2-4-15(18-11)12-5-7-13(8-6-12)19-20-14(9-16)10-17/h2-8,19H,1H3. The Balaban J connectivity index is 2.17. The second-order valence-electron chi connectivity index (χ2n) is 4.04. The molecule has 0 unspecified atom stereocenters. The molecule has 0 saturated heterocycles. The van der Waals surface area contributed by atoms with E-state index in [1.807, 2.05) is 49.4 Å². The van der Waals surface area contributed by atoms with Gasteiger partial charge in [-0.25, -0.2) is 0 Å². The molecule has 1 N–H and O–H groups in total. The Labute approximate surface area is 116 Å². The third-order valence-electron chi connectivity index (χ3n) is 2.58. The van der Waals surface area contributed by atoms with Crippen molar-refractivity contribution < 1.29 is 0 Å². The largest absolute Gasteiger partial charge is 0.277 e. The molecule has 2 aromatic rings. The van der Waals surface area contributed by atoms with E-state index in [2.05, 4.69) is 15.5 Å². The highest BCUT2D eigenvalue weighted by Crippen LogP contribution is 2.19. The van der Waals surface area contributed by atoms with Crippen LogP contribution < -0.4 is 5.43 Å². The molecule has 0 aliphatic rings. The molecule has 1 heterocycles. The maximum Gasteiger partial charge on any atom is 0.237 e. The molecule has 0 amide bonds. The maximum atomic E-state index is 8.57. The van der Waals surface area contributed by atoms with Crippen molar-refractivity contribution >= 4 is 11.4 Å². The zero-order valence-electron chi connectivity index (χ0n) is 10.8. The first-order valence-corrected chi connectivity index (χ1v) is 5.91. The molecule has 0 aliphatic carbocycles. The van der Waals surface area contributed by atoms with Crippen LogP contribution in [0.2, 0.25) is 0 Å². The molecule has 0 spiro atoms. The fourth-order valence-electron chi connectivity index (χ4n) is 1.61. The van der Waals surface area contributed by atoms with Gasteiger partial charge in [0.15, 0.2) is 0 Å². The summed E-state index contributed by atoms with van der Waals surface area (Å²) in [4.78, 5) is 4.44. The highest BCUT2D eigenvalue weighted by Gasteiger charge is 2.00. The van der Waals surface area contributed by atoms with Crippen molar-refractivity contribution in [3.63, 3.8) is 0 Å². The summed E-state index contributed by atoms with van der Waals surface area (Å²) in [6.07, 6.45) is 0. The predicted molar refractivity (Wildman–Crippen MR) is 76.7 cm³/mol. The van der Waals surface area contributed by atoms with Gasteiger partial charge in [-0.15, -0.1) is 0 Å². The van der Waals surface area contributed by atoms with E-state index in [1.165, 1.54) is 0 Å². The first kappa shape index (κ1) is 13.3. The summed E-state index contributed by atoms with van der Waals surface area (Å²) in [5.41, 5.74) is 5.99. The summed E-state index contributed by atoms with van der Waals surface area (Å²) in [5, 5.41) is 20.8. The van der Waals surface area contributed by atoms with E-state index < -0.39 is 0 Å². The number of nitriles is 2. The van der Waals surface area contributed by atoms with Crippen LogP contribution in [-0.4, -0.2) is 10.7 Å². The van der Waals surface area contributed by atoms with Gasteiger partial charge in [0.05, 0.1) is 11.4 Å². The van der Waals surface area contributed by atoms with Crippen LogP contribution in [0, 0.1) is 29.6 Å². The van der Waals surface area contributed by atoms with Gasteiger partial charge in [-0.05, 0) is 31.2 Å². The molecular weight excluding hydrogens is 250 g/mol. The van der Waals surface area contributed by atoms with Gasteiger partial charge in [-0.3, -0.25) is 10.4 Å². The molecule has 1 aromatic heterocycles. The highest BCUT2D eigenvalue weighted by molar-refractivity contribution is 6.10. The van der Waals surface area contributed by atoms with Crippen molar-refractivity contribution in [1.82, 2.24) is 4.98 Å². The number of hydrazone groups is 1. The van der Waals surface area contributed by atoms with Crippen molar-refractivity contribution in [2.45, 2.75) is 6.92 Å². The molecule has 96 valence electrons. The molecule has 0 fully saturated rings. The monoisotopic (exact) mass is 261 g/mol. The average Bonchev–Trinajstić information content (AvgIpc) is 2.49. The number of benzene rings is 1. The molecule has 5 heteroatoms. The van der Waals surface area contributed by atoms with Crippen LogP contribution in [-0.2, 0) is 0 Å². The minimum absolute atomic E-state index is 0.213. The van der Waals surface area contributed by atoms with Gasteiger partial charge < -0.3 is 0 Å². The number of pyridine rings is 1. The molecule has 0 bridgehead atoms.